The third kappa shape index (κ3) is 6.16. The highest BCUT2D eigenvalue weighted by atomic mass is 14.2. The summed E-state index contributed by atoms with van der Waals surface area (Å²) in [5.74, 6) is 0. The number of hydrogen-bond acceptors (Lipinski definition) is 0. The number of rotatable bonds is 10. The van der Waals surface area contributed by atoms with Crippen molar-refractivity contribution in [1.29, 1.82) is 0 Å². The van der Waals surface area contributed by atoms with Crippen LogP contribution in [0.4, 0.5) is 0 Å². The molecular formula is C36H42. The van der Waals surface area contributed by atoms with Gasteiger partial charge >= 0.3 is 0 Å². The van der Waals surface area contributed by atoms with E-state index in [9.17, 15) is 0 Å². The molecule has 0 amide bonds. The van der Waals surface area contributed by atoms with Gasteiger partial charge in [0.25, 0.3) is 0 Å². The predicted octanol–water partition coefficient (Wildman–Crippen LogP) is 9.02. The van der Waals surface area contributed by atoms with Crippen molar-refractivity contribution in [2.45, 2.75) is 79.6 Å². The molecule has 0 atom stereocenters. The lowest BCUT2D eigenvalue weighted by atomic mass is 9.85. The number of aryl methyl sites for hydroxylation is 3. The molecule has 0 aliphatic heterocycles. The first kappa shape index (κ1) is 26.0. The minimum Gasteiger partial charge on any atom is -0.0613 e. The number of hydrogen-bond donors (Lipinski definition) is 0. The van der Waals surface area contributed by atoms with Crippen LogP contribution in [0.2, 0.25) is 0 Å². The molecule has 0 heteroatoms. The van der Waals surface area contributed by atoms with Gasteiger partial charge in [0.15, 0.2) is 0 Å². The first-order valence-electron chi connectivity index (χ1n) is 13.9. The van der Waals surface area contributed by atoms with Gasteiger partial charge in [-0.25, -0.2) is 0 Å². The zero-order valence-electron chi connectivity index (χ0n) is 23.0. The fraction of sp³-hybridized carbons (Fsp3) is 0.333. The van der Waals surface area contributed by atoms with E-state index in [0.717, 1.165) is 44.9 Å². The van der Waals surface area contributed by atoms with Gasteiger partial charge in [0, 0.05) is 0 Å². The lowest BCUT2D eigenvalue weighted by molar-refractivity contribution is 0.968. The summed E-state index contributed by atoms with van der Waals surface area (Å²) >= 11 is 0. The highest BCUT2D eigenvalue weighted by Crippen LogP contribution is 2.28. The van der Waals surface area contributed by atoms with Crippen molar-refractivity contribution >= 4 is 0 Å². The summed E-state index contributed by atoms with van der Waals surface area (Å²) < 4.78 is 0. The SMILES string of the molecule is CCc1ccc(Cc2ccc(Cc3cc(CC)c(Cc4ccc(CC)cc4)c(C)c3CC)cc2)cc1. The van der Waals surface area contributed by atoms with Crippen LogP contribution in [0.3, 0.4) is 0 Å². The maximum atomic E-state index is 2.50. The third-order valence-electron chi connectivity index (χ3n) is 7.83. The Bertz CT molecular complexity index is 1260. The summed E-state index contributed by atoms with van der Waals surface area (Å²) in [5, 5.41) is 0. The molecule has 0 fully saturated rings. The maximum absolute atomic E-state index is 2.50. The summed E-state index contributed by atoms with van der Waals surface area (Å²) in [5.41, 5.74) is 16.0. The zero-order chi connectivity index (χ0) is 25.5. The van der Waals surface area contributed by atoms with Crippen LogP contribution in [0.5, 0.6) is 0 Å². The van der Waals surface area contributed by atoms with Crippen molar-refractivity contribution in [2.24, 2.45) is 0 Å². The van der Waals surface area contributed by atoms with E-state index in [0.29, 0.717) is 0 Å². The molecule has 0 bridgehead atoms. The normalized spacial score (nSPS) is 11.1. The van der Waals surface area contributed by atoms with E-state index in [1.165, 1.54) is 61.2 Å². The Labute approximate surface area is 219 Å². The van der Waals surface area contributed by atoms with Crippen LogP contribution < -0.4 is 0 Å². The Balaban J connectivity index is 1.54. The van der Waals surface area contributed by atoms with Crippen LogP contribution in [-0.4, -0.2) is 0 Å². The summed E-state index contributed by atoms with van der Waals surface area (Å²) in [6.45, 7) is 11.4. The molecule has 0 saturated carbocycles. The van der Waals surface area contributed by atoms with Gasteiger partial charge in [-0.05, 0) is 113 Å². The quantitative estimate of drug-likeness (QED) is 0.215. The molecule has 4 aromatic rings. The zero-order valence-corrected chi connectivity index (χ0v) is 23.0. The lowest BCUT2D eigenvalue weighted by Crippen LogP contribution is -2.07. The van der Waals surface area contributed by atoms with Crippen molar-refractivity contribution in [3.63, 3.8) is 0 Å². The highest BCUT2D eigenvalue weighted by Gasteiger charge is 2.14. The first-order valence-corrected chi connectivity index (χ1v) is 13.9. The van der Waals surface area contributed by atoms with Gasteiger partial charge in [0.1, 0.15) is 0 Å². The Kier molecular flexibility index (Phi) is 8.81. The molecule has 186 valence electrons. The van der Waals surface area contributed by atoms with Gasteiger partial charge in [-0.1, -0.05) is 107 Å². The van der Waals surface area contributed by atoms with Crippen molar-refractivity contribution in [3.8, 4) is 0 Å². The van der Waals surface area contributed by atoms with Crippen LogP contribution in [0.1, 0.15) is 88.9 Å². The maximum Gasteiger partial charge on any atom is -0.00203 e. The minimum absolute atomic E-state index is 0.998. The molecular weight excluding hydrogens is 432 g/mol. The molecule has 0 nitrogen and oxygen atoms in total. The molecule has 4 aromatic carbocycles. The third-order valence-corrected chi connectivity index (χ3v) is 7.83. The van der Waals surface area contributed by atoms with E-state index in [1.807, 2.05) is 0 Å². The van der Waals surface area contributed by atoms with Crippen LogP contribution in [0.15, 0.2) is 78.9 Å². The van der Waals surface area contributed by atoms with E-state index in [4.69, 9.17) is 0 Å². The smallest absolute Gasteiger partial charge is 0.00203 e. The second kappa shape index (κ2) is 12.2. The highest BCUT2D eigenvalue weighted by molar-refractivity contribution is 5.49. The van der Waals surface area contributed by atoms with Gasteiger partial charge < -0.3 is 0 Å². The largest absolute Gasteiger partial charge is 0.0613 e. The van der Waals surface area contributed by atoms with E-state index >= 15 is 0 Å². The second-order valence-electron chi connectivity index (χ2n) is 10.2. The Morgan fingerprint density at radius 3 is 1.22 bits per heavy atom. The van der Waals surface area contributed by atoms with Gasteiger partial charge in [0.05, 0.1) is 0 Å². The molecule has 0 unspecified atom stereocenters. The van der Waals surface area contributed by atoms with Gasteiger partial charge in [-0.15, -0.1) is 0 Å². The topological polar surface area (TPSA) is 0 Å². The van der Waals surface area contributed by atoms with Gasteiger partial charge in [-0.3, -0.25) is 0 Å². The predicted molar refractivity (Wildman–Crippen MR) is 156 cm³/mol. The molecule has 0 spiro atoms. The lowest BCUT2D eigenvalue weighted by Gasteiger charge is -2.20. The van der Waals surface area contributed by atoms with Crippen LogP contribution >= 0.6 is 0 Å². The molecule has 0 aliphatic carbocycles. The molecule has 0 radical (unpaired) electrons. The second-order valence-corrected chi connectivity index (χ2v) is 10.2. The molecule has 0 saturated heterocycles. The van der Waals surface area contributed by atoms with Gasteiger partial charge in [-0.2, -0.15) is 0 Å². The monoisotopic (exact) mass is 474 g/mol. The standard InChI is InChI=1S/C36H42/c1-6-27-10-14-29(15-11-27)22-30-18-20-31(21-19-30)23-34-25-33(8-3)36(26(5)35(34)9-4)24-32-16-12-28(7-2)13-17-32/h10-21,25H,6-9,22-24H2,1-5H3. The summed E-state index contributed by atoms with van der Waals surface area (Å²) in [6.07, 6.45) is 7.39. The number of benzene rings is 4. The molecule has 0 heterocycles. The average molecular weight is 475 g/mol. The average Bonchev–Trinajstić information content (AvgIpc) is 2.92. The Morgan fingerprint density at radius 2 is 0.806 bits per heavy atom. The molecule has 0 aliphatic rings. The Morgan fingerprint density at radius 1 is 0.389 bits per heavy atom. The van der Waals surface area contributed by atoms with Crippen LogP contribution in [-0.2, 0) is 44.9 Å². The van der Waals surface area contributed by atoms with Crippen molar-refractivity contribution in [1.82, 2.24) is 0 Å². The molecule has 0 aromatic heterocycles. The fourth-order valence-electron chi connectivity index (χ4n) is 5.48. The molecule has 4 rings (SSSR count). The van der Waals surface area contributed by atoms with Crippen molar-refractivity contribution < 1.29 is 0 Å². The van der Waals surface area contributed by atoms with Crippen molar-refractivity contribution in [3.05, 3.63) is 140 Å². The van der Waals surface area contributed by atoms with Crippen LogP contribution in [0, 0.1) is 6.92 Å². The summed E-state index contributed by atoms with van der Waals surface area (Å²) in [7, 11) is 0. The van der Waals surface area contributed by atoms with E-state index in [1.54, 1.807) is 0 Å². The Hall–Kier alpha value is -3.12. The first-order chi connectivity index (χ1) is 17.5. The molecule has 36 heavy (non-hydrogen) atoms. The van der Waals surface area contributed by atoms with Gasteiger partial charge in [0.2, 0.25) is 0 Å². The van der Waals surface area contributed by atoms with E-state index < -0.39 is 0 Å². The van der Waals surface area contributed by atoms with Crippen molar-refractivity contribution in [2.75, 3.05) is 0 Å². The van der Waals surface area contributed by atoms with E-state index in [2.05, 4.69) is 113 Å². The van der Waals surface area contributed by atoms with Crippen LogP contribution in [0.25, 0.3) is 0 Å². The minimum atomic E-state index is 0.998. The summed E-state index contributed by atoms with van der Waals surface area (Å²) in [6, 6.07) is 30.1. The molecule has 0 N–H and O–H groups in total. The van der Waals surface area contributed by atoms with E-state index in [-0.39, 0.29) is 0 Å². The fourth-order valence-corrected chi connectivity index (χ4v) is 5.48. The summed E-state index contributed by atoms with van der Waals surface area (Å²) in [4.78, 5) is 0.